The SMILES string of the molecule is CCC1CCCC(C(Cc2ccn(C)n2)NN)C1. The number of nitrogens with one attached hydrogen (secondary N) is 1. The van der Waals surface area contributed by atoms with Gasteiger partial charge in [-0.2, -0.15) is 5.10 Å². The van der Waals surface area contributed by atoms with Gasteiger partial charge in [0.25, 0.3) is 0 Å². The minimum atomic E-state index is 0.370. The molecule has 1 fully saturated rings. The first-order chi connectivity index (χ1) is 8.72. The molecule has 1 aliphatic rings. The molecule has 0 radical (unpaired) electrons. The number of hydrogen-bond donors (Lipinski definition) is 2. The predicted octanol–water partition coefficient (Wildman–Crippen LogP) is 2.01. The summed E-state index contributed by atoms with van der Waals surface area (Å²) in [4.78, 5) is 0. The van der Waals surface area contributed by atoms with Gasteiger partial charge in [0, 0.05) is 25.7 Å². The van der Waals surface area contributed by atoms with Crippen LogP contribution in [0.25, 0.3) is 0 Å². The molecule has 0 aromatic carbocycles. The second-order valence-corrected chi connectivity index (χ2v) is 5.66. The van der Waals surface area contributed by atoms with Crippen molar-refractivity contribution in [1.82, 2.24) is 15.2 Å². The standard InChI is InChI=1S/C14H26N4/c1-3-11-5-4-6-12(9-11)14(16-15)10-13-7-8-18(2)17-13/h7-8,11-12,14,16H,3-6,9-10,15H2,1-2H3. The fourth-order valence-electron chi connectivity index (χ4n) is 3.23. The molecule has 4 nitrogen and oxygen atoms in total. The molecule has 1 aliphatic carbocycles. The summed E-state index contributed by atoms with van der Waals surface area (Å²) >= 11 is 0. The molecule has 3 unspecified atom stereocenters. The summed E-state index contributed by atoms with van der Waals surface area (Å²) in [6.45, 7) is 2.30. The van der Waals surface area contributed by atoms with E-state index in [1.807, 2.05) is 17.9 Å². The maximum Gasteiger partial charge on any atom is 0.0640 e. The molecule has 3 atom stereocenters. The Hall–Kier alpha value is -0.870. The lowest BCUT2D eigenvalue weighted by molar-refractivity contribution is 0.207. The first-order valence-corrected chi connectivity index (χ1v) is 7.17. The van der Waals surface area contributed by atoms with Crippen LogP contribution in [0.15, 0.2) is 12.3 Å². The van der Waals surface area contributed by atoms with Crippen molar-refractivity contribution >= 4 is 0 Å². The van der Waals surface area contributed by atoms with Crippen LogP contribution in [0.3, 0.4) is 0 Å². The van der Waals surface area contributed by atoms with E-state index in [0.717, 1.165) is 18.0 Å². The summed E-state index contributed by atoms with van der Waals surface area (Å²) < 4.78 is 1.86. The Kier molecular flexibility index (Phi) is 4.78. The van der Waals surface area contributed by atoms with Crippen molar-refractivity contribution in [1.29, 1.82) is 0 Å². The van der Waals surface area contributed by atoms with Crippen molar-refractivity contribution in [2.75, 3.05) is 0 Å². The van der Waals surface area contributed by atoms with Gasteiger partial charge in [-0.25, -0.2) is 0 Å². The molecule has 18 heavy (non-hydrogen) atoms. The Labute approximate surface area is 110 Å². The van der Waals surface area contributed by atoms with E-state index >= 15 is 0 Å². The molecule has 3 N–H and O–H groups in total. The van der Waals surface area contributed by atoms with Crippen LogP contribution in [-0.4, -0.2) is 15.8 Å². The largest absolute Gasteiger partial charge is 0.276 e. The zero-order valence-corrected chi connectivity index (χ0v) is 11.6. The van der Waals surface area contributed by atoms with Crippen LogP contribution in [0, 0.1) is 11.8 Å². The van der Waals surface area contributed by atoms with E-state index in [2.05, 4.69) is 23.5 Å². The highest BCUT2D eigenvalue weighted by atomic mass is 15.3. The summed E-state index contributed by atoms with van der Waals surface area (Å²) in [5.74, 6) is 7.36. The number of nitrogens with zero attached hydrogens (tertiary/aromatic N) is 2. The lowest BCUT2D eigenvalue weighted by Gasteiger charge is -2.33. The monoisotopic (exact) mass is 250 g/mol. The van der Waals surface area contributed by atoms with Crippen LogP contribution in [0.5, 0.6) is 0 Å². The molecule has 1 heterocycles. The fraction of sp³-hybridized carbons (Fsp3) is 0.786. The molecule has 2 rings (SSSR count). The van der Waals surface area contributed by atoms with Gasteiger partial charge in [0.05, 0.1) is 5.69 Å². The molecule has 102 valence electrons. The van der Waals surface area contributed by atoms with E-state index < -0.39 is 0 Å². The van der Waals surface area contributed by atoms with Crippen LogP contribution in [0.1, 0.15) is 44.7 Å². The van der Waals surface area contributed by atoms with Gasteiger partial charge >= 0.3 is 0 Å². The maximum atomic E-state index is 5.76. The number of nitrogens with two attached hydrogens (primary N) is 1. The van der Waals surface area contributed by atoms with Crippen molar-refractivity contribution in [3.63, 3.8) is 0 Å². The van der Waals surface area contributed by atoms with Gasteiger partial charge in [-0.3, -0.25) is 16.0 Å². The molecule has 1 saturated carbocycles. The number of rotatable bonds is 5. The topological polar surface area (TPSA) is 55.9 Å². The van der Waals surface area contributed by atoms with E-state index in [0.29, 0.717) is 12.0 Å². The van der Waals surface area contributed by atoms with Gasteiger partial charge in [0.2, 0.25) is 0 Å². The molecule has 0 amide bonds. The normalized spacial score (nSPS) is 26.2. The van der Waals surface area contributed by atoms with Crippen molar-refractivity contribution < 1.29 is 0 Å². The maximum absolute atomic E-state index is 5.76. The number of hydrazine groups is 1. The summed E-state index contributed by atoms with van der Waals surface area (Å²) in [6.07, 6.45) is 9.61. The van der Waals surface area contributed by atoms with E-state index in [9.17, 15) is 0 Å². The van der Waals surface area contributed by atoms with Gasteiger partial charge < -0.3 is 0 Å². The Balaban J connectivity index is 1.95. The van der Waals surface area contributed by atoms with Gasteiger partial charge in [-0.15, -0.1) is 0 Å². The summed E-state index contributed by atoms with van der Waals surface area (Å²) in [7, 11) is 1.96. The molecule has 4 heteroatoms. The first-order valence-electron chi connectivity index (χ1n) is 7.17. The average molecular weight is 250 g/mol. The zero-order valence-electron chi connectivity index (χ0n) is 11.6. The molecule has 0 spiro atoms. The van der Waals surface area contributed by atoms with Crippen LogP contribution in [-0.2, 0) is 13.5 Å². The first kappa shape index (κ1) is 13.6. The van der Waals surface area contributed by atoms with Crippen molar-refractivity contribution in [2.24, 2.45) is 24.7 Å². The van der Waals surface area contributed by atoms with Gasteiger partial charge in [-0.1, -0.05) is 26.2 Å². The summed E-state index contributed by atoms with van der Waals surface area (Å²) in [5.41, 5.74) is 4.16. The predicted molar refractivity (Wildman–Crippen MR) is 73.8 cm³/mol. The minimum Gasteiger partial charge on any atom is -0.276 e. The van der Waals surface area contributed by atoms with Gasteiger partial charge in [0.15, 0.2) is 0 Å². The third-order valence-electron chi connectivity index (χ3n) is 4.38. The van der Waals surface area contributed by atoms with Gasteiger partial charge in [0.1, 0.15) is 0 Å². The average Bonchev–Trinajstić information content (AvgIpc) is 2.81. The van der Waals surface area contributed by atoms with Crippen LogP contribution < -0.4 is 11.3 Å². The van der Waals surface area contributed by atoms with E-state index in [1.165, 1.54) is 32.1 Å². The number of hydrogen-bond acceptors (Lipinski definition) is 3. The molecule has 0 aliphatic heterocycles. The highest BCUT2D eigenvalue weighted by Gasteiger charge is 2.27. The van der Waals surface area contributed by atoms with Crippen molar-refractivity contribution in [2.45, 2.75) is 51.5 Å². The highest BCUT2D eigenvalue weighted by Crippen LogP contribution is 2.33. The smallest absolute Gasteiger partial charge is 0.0640 e. The lowest BCUT2D eigenvalue weighted by atomic mass is 9.76. The van der Waals surface area contributed by atoms with E-state index in [-0.39, 0.29) is 0 Å². The molecular weight excluding hydrogens is 224 g/mol. The fourth-order valence-corrected chi connectivity index (χ4v) is 3.23. The third kappa shape index (κ3) is 3.33. The third-order valence-corrected chi connectivity index (χ3v) is 4.38. The second kappa shape index (κ2) is 6.34. The zero-order chi connectivity index (χ0) is 13.0. The molecule has 1 aromatic rings. The molecular formula is C14H26N4. The van der Waals surface area contributed by atoms with Crippen molar-refractivity contribution in [3.8, 4) is 0 Å². The van der Waals surface area contributed by atoms with Gasteiger partial charge in [-0.05, 0) is 30.7 Å². The Morgan fingerprint density at radius 3 is 3.00 bits per heavy atom. The van der Waals surface area contributed by atoms with E-state index in [4.69, 9.17) is 5.84 Å². The number of aromatic nitrogens is 2. The minimum absolute atomic E-state index is 0.370. The number of aryl methyl sites for hydroxylation is 1. The molecule has 0 saturated heterocycles. The second-order valence-electron chi connectivity index (χ2n) is 5.66. The van der Waals surface area contributed by atoms with Crippen LogP contribution in [0.2, 0.25) is 0 Å². The Morgan fingerprint density at radius 1 is 1.56 bits per heavy atom. The molecule has 0 bridgehead atoms. The van der Waals surface area contributed by atoms with E-state index in [1.54, 1.807) is 0 Å². The van der Waals surface area contributed by atoms with Crippen LogP contribution in [0.4, 0.5) is 0 Å². The Bertz CT molecular complexity index is 360. The summed E-state index contributed by atoms with van der Waals surface area (Å²) in [5, 5.41) is 4.45. The van der Waals surface area contributed by atoms with Crippen molar-refractivity contribution in [3.05, 3.63) is 18.0 Å². The van der Waals surface area contributed by atoms with Crippen LogP contribution >= 0.6 is 0 Å². The highest BCUT2D eigenvalue weighted by molar-refractivity contribution is 5.02. The lowest BCUT2D eigenvalue weighted by Crippen LogP contribution is -2.44. The quantitative estimate of drug-likeness (QED) is 0.621. The Morgan fingerprint density at radius 2 is 2.39 bits per heavy atom. The summed E-state index contributed by atoms with van der Waals surface area (Å²) in [6, 6.07) is 2.46. The molecule has 1 aromatic heterocycles.